The van der Waals surface area contributed by atoms with E-state index >= 15 is 8.78 Å². The third-order valence-electron chi connectivity index (χ3n) is 6.42. The molecule has 1 amide bonds. The maximum Gasteiger partial charge on any atom is 0.335 e. The van der Waals surface area contributed by atoms with E-state index in [-0.39, 0.29) is 28.4 Å². The van der Waals surface area contributed by atoms with Crippen molar-refractivity contribution in [2.75, 3.05) is 27.2 Å². The van der Waals surface area contributed by atoms with E-state index in [1.165, 1.54) is 19.2 Å². The number of likely N-dealkylation sites (N-methyl/N-ethyl adjacent to an activating group) is 1. The summed E-state index contributed by atoms with van der Waals surface area (Å²) in [6.07, 6.45) is 0. The predicted octanol–water partition coefficient (Wildman–Crippen LogP) is 4.94. The number of nitrogens with two attached hydrogens (primary N) is 1. The molecule has 5 rings (SSSR count). The zero-order chi connectivity index (χ0) is 31.5. The molecule has 0 saturated carbocycles. The molecule has 0 saturated heterocycles. The van der Waals surface area contributed by atoms with Crippen molar-refractivity contribution in [3.05, 3.63) is 89.0 Å². The Hall–Kier alpha value is -5.92. The molecule has 0 bridgehead atoms. The van der Waals surface area contributed by atoms with Gasteiger partial charge in [0.25, 0.3) is 11.8 Å². The number of aliphatic imine (C=N–C) groups is 1. The van der Waals surface area contributed by atoms with Gasteiger partial charge in [-0.25, -0.2) is 4.79 Å². The van der Waals surface area contributed by atoms with Gasteiger partial charge in [-0.3, -0.25) is 9.79 Å². The number of nitrogens with zero attached hydrogens (tertiary/aromatic N) is 3. The number of methoxy groups -OCH3 is 1. The highest BCUT2D eigenvalue weighted by Crippen LogP contribution is 2.43. The lowest BCUT2D eigenvalue weighted by Crippen LogP contribution is -2.23. The summed E-state index contributed by atoms with van der Waals surface area (Å²) in [5, 5.41) is 19.6. The van der Waals surface area contributed by atoms with Crippen LogP contribution in [0, 0.1) is 11.6 Å². The van der Waals surface area contributed by atoms with Crippen LogP contribution in [0.2, 0.25) is 0 Å². The van der Waals surface area contributed by atoms with Crippen molar-refractivity contribution in [1.29, 1.82) is 0 Å². The third kappa shape index (κ3) is 5.99. The minimum atomic E-state index is -1.46. The number of hydrogen-bond donors (Lipinski definition) is 3. The number of aromatic nitrogens is 1. The van der Waals surface area contributed by atoms with Crippen LogP contribution in [0.4, 0.5) is 8.78 Å². The molecule has 226 valence electrons. The first-order chi connectivity index (χ1) is 21.0. The number of phenolic OH excluding ortho intramolecular Hbond substituents is 1. The predicted molar refractivity (Wildman–Crippen MR) is 151 cm³/mol. The van der Waals surface area contributed by atoms with Crippen molar-refractivity contribution in [1.82, 2.24) is 9.88 Å². The van der Waals surface area contributed by atoms with Crippen LogP contribution in [-0.2, 0) is 0 Å². The van der Waals surface area contributed by atoms with Gasteiger partial charge in [-0.2, -0.15) is 13.8 Å². The van der Waals surface area contributed by atoms with E-state index in [0.29, 0.717) is 17.9 Å². The summed E-state index contributed by atoms with van der Waals surface area (Å²) in [5.74, 6) is -8.21. The van der Waals surface area contributed by atoms with Gasteiger partial charge in [-0.05, 0) is 48.5 Å². The highest BCUT2D eigenvalue weighted by atomic mass is 19.1. The van der Waals surface area contributed by atoms with E-state index in [2.05, 4.69) is 9.98 Å². The monoisotopic (exact) mass is 606 g/mol. The molecule has 12 nitrogen and oxygen atoms in total. The number of pyridine rings is 1. The number of carbonyl (C=O) groups is 2. The molecule has 0 aliphatic carbocycles. The van der Waals surface area contributed by atoms with E-state index in [1.807, 2.05) is 11.9 Å². The van der Waals surface area contributed by atoms with Crippen LogP contribution in [-0.4, -0.2) is 65.1 Å². The summed E-state index contributed by atoms with van der Waals surface area (Å²) in [5.41, 5.74) is 5.74. The number of benzene rings is 3. The lowest BCUT2D eigenvalue weighted by Gasteiger charge is -2.17. The van der Waals surface area contributed by atoms with Gasteiger partial charge in [-0.15, -0.1) is 0 Å². The number of halogens is 2. The molecule has 1 aliphatic rings. The smallest absolute Gasteiger partial charge is 0.335 e. The largest absolute Gasteiger partial charge is 0.504 e. The van der Waals surface area contributed by atoms with Gasteiger partial charge in [0.2, 0.25) is 23.3 Å². The van der Waals surface area contributed by atoms with Gasteiger partial charge in [0.15, 0.2) is 23.0 Å². The molecule has 1 aliphatic heterocycles. The molecule has 4 N–H and O–H groups in total. The van der Waals surface area contributed by atoms with Crippen molar-refractivity contribution in [3.8, 4) is 46.3 Å². The maximum absolute atomic E-state index is 15.9. The highest BCUT2D eigenvalue weighted by Gasteiger charge is 2.28. The van der Waals surface area contributed by atoms with Gasteiger partial charge in [0, 0.05) is 24.7 Å². The summed E-state index contributed by atoms with van der Waals surface area (Å²) in [6.45, 7) is 1.32. The Morgan fingerprint density at radius 3 is 2.27 bits per heavy atom. The molecule has 0 spiro atoms. The van der Waals surface area contributed by atoms with Crippen molar-refractivity contribution in [2.24, 2.45) is 10.7 Å². The summed E-state index contributed by atoms with van der Waals surface area (Å²) in [4.78, 5) is 33.3. The lowest BCUT2D eigenvalue weighted by molar-refractivity contribution is 0.0696. The molecule has 2 heterocycles. The van der Waals surface area contributed by atoms with Crippen LogP contribution in [0.5, 0.6) is 46.3 Å². The number of amidine groups is 1. The van der Waals surface area contributed by atoms with Gasteiger partial charge in [-0.1, -0.05) is 12.1 Å². The zero-order valence-corrected chi connectivity index (χ0v) is 23.2. The Morgan fingerprint density at radius 1 is 0.909 bits per heavy atom. The molecular formula is C30H24F2N4O8. The van der Waals surface area contributed by atoms with Gasteiger partial charge in [0.05, 0.1) is 19.2 Å². The molecule has 0 unspecified atom stereocenters. The number of amides is 1. The second-order valence-corrected chi connectivity index (χ2v) is 9.36. The first kappa shape index (κ1) is 29.6. The highest BCUT2D eigenvalue weighted by molar-refractivity contribution is 6.00. The zero-order valence-electron chi connectivity index (χ0n) is 23.2. The topological polar surface area (TPSA) is 166 Å². The fourth-order valence-corrected chi connectivity index (χ4v) is 4.21. The molecule has 0 radical (unpaired) electrons. The second kappa shape index (κ2) is 12.1. The lowest BCUT2D eigenvalue weighted by atomic mass is 10.2. The molecule has 0 fully saturated rings. The number of aromatic hydroxyl groups is 1. The van der Waals surface area contributed by atoms with Crippen LogP contribution < -0.4 is 24.7 Å². The molecule has 0 atom stereocenters. The van der Waals surface area contributed by atoms with E-state index in [0.717, 1.165) is 36.9 Å². The third-order valence-corrected chi connectivity index (χ3v) is 6.42. The minimum Gasteiger partial charge on any atom is -0.504 e. The number of aromatic carboxylic acids is 1. The average molecular weight is 607 g/mol. The normalized spacial score (nSPS) is 12.5. The van der Waals surface area contributed by atoms with Crippen molar-refractivity contribution < 1.29 is 47.5 Å². The SMILES string of the molecule is COc1cc(C(=O)O)ccc1Oc1c(F)c(Oc2cccc(C3=NCCN3C)c2)nc(Oc2cc(C(N)=O)ccc2O)c1F. The number of phenols is 1. The van der Waals surface area contributed by atoms with Crippen molar-refractivity contribution in [2.45, 2.75) is 0 Å². The van der Waals surface area contributed by atoms with Gasteiger partial charge in [0.1, 0.15) is 11.6 Å². The van der Waals surface area contributed by atoms with Gasteiger partial charge >= 0.3 is 5.97 Å². The van der Waals surface area contributed by atoms with E-state index in [4.69, 9.17) is 24.7 Å². The average Bonchev–Trinajstić information content (AvgIpc) is 3.44. The van der Waals surface area contributed by atoms with Crippen molar-refractivity contribution in [3.63, 3.8) is 0 Å². The molecule has 4 aromatic rings. The number of carboxylic acids is 1. The van der Waals surface area contributed by atoms with Crippen LogP contribution in [0.15, 0.2) is 65.7 Å². The number of carboxylic acid groups (broad SMARTS) is 1. The van der Waals surface area contributed by atoms with E-state index in [1.54, 1.807) is 18.2 Å². The van der Waals surface area contributed by atoms with Crippen LogP contribution in [0.25, 0.3) is 0 Å². The standard InChI is InChI=1S/C30H24F2N4O8/c1-36-11-10-34-27(36)16-4-3-5-18(12-16)42-28-23(31)25(43-20-9-7-17(30(39)40)14-22(20)41-2)24(32)29(35-28)44-21-13-15(26(33)38)6-8-19(21)37/h3-9,12-14,37H,10-11H2,1-2H3,(H2,33,38)(H,39,40). The Morgan fingerprint density at radius 2 is 1.61 bits per heavy atom. The van der Waals surface area contributed by atoms with E-state index in [9.17, 15) is 19.8 Å². The number of carbonyl (C=O) groups excluding carboxylic acids is 1. The minimum absolute atomic E-state index is 0.0758. The summed E-state index contributed by atoms with van der Waals surface area (Å²) in [6, 6.07) is 13.3. The van der Waals surface area contributed by atoms with E-state index < -0.39 is 52.5 Å². The summed E-state index contributed by atoms with van der Waals surface area (Å²) >= 11 is 0. The fraction of sp³-hybridized carbons (Fsp3) is 0.133. The summed E-state index contributed by atoms with van der Waals surface area (Å²) < 4.78 is 53.6. The molecule has 44 heavy (non-hydrogen) atoms. The molecule has 14 heteroatoms. The maximum atomic E-state index is 15.9. The Labute approximate surface area is 248 Å². The van der Waals surface area contributed by atoms with Crippen LogP contribution in [0.1, 0.15) is 26.3 Å². The van der Waals surface area contributed by atoms with Crippen molar-refractivity contribution >= 4 is 17.7 Å². The number of ether oxygens (including phenoxy) is 4. The summed E-state index contributed by atoms with van der Waals surface area (Å²) in [7, 11) is 3.08. The molecule has 1 aromatic heterocycles. The number of rotatable bonds is 10. The Kier molecular flexibility index (Phi) is 8.15. The van der Waals surface area contributed by atoms with Crippen LogP contribution >= 0.6 is 0 Å². The quantitative estimate of drug-likeness (QED) is 0.225. The second-order valence-electron chi connectivity index (χ2n) is 9.36. The van der Waals surface area contributed by atoms with Crippen LogP contribution in [0.3, 0.4) is 0 Å². The number of primary amides is 1. The Balaban J connectivity index is 1.60. The Bertz CT molecular complexity index is 1810. The first-order valence-electron chi connectivity index (χ1n) is 12.9. The molecule has 3 aromatic carbocycles. The molecular weight excluding hydrogens is 582 g/mol. The fourth-order valence-electron chi connectivity index (χ4n) is 4.21. The van der Waals surface area contributed by atoms with Gasteiger partial charge < -0.3 is 39.8 Å². The number of hydrogen-bond acceptors (Lipinski definition) is 10. The first-order valence-corrected chi connectivity index (χ1v) is 12.9.